The molecule has 0 aromatic carbocycles. The Hall–Kier alpha value is -3.07. The molecule has 3 N–H and O–H groups in total. The molecule has 32 heavy (non-hydrogen) atoms. The number of aromatic nitrogens is 2. The van der Waals surface area contributed by atoms with Crippen LogP contribution in [0.15, 0.2) is 29.2 Å². The van der Waals surface area contributed by atoms with Gasteiger partial charge < -0.3 is 24.7 Å². The first kappa shape index (κ1) is 27.0. The molecule has 0 aliphatic carbocycles. The fourth-order valence-corrected chi connectivity index (χ4v) is 2.30. The second-order valence-corrected chi connectivity index (χ2v) is 6.19. The van der Waals surface area contributed by atoms with Crippen molar-refractivity contribution in [1.82, 2.24) is 15.1 Å². The fourth-order valence-electron chi connectivity index (χ4n) is 2.30. The molecule has 0 saturated carbocycles. The minimum Gasteiger partial charge on any atom is -0.475 e. The van der Waals surface area contributed by atoms with Gasteiger partial charge in [-0.3, -0.25) is 4.68 Å². The van der Waals surface area contributed by atoms with Crippen molar-refractivity contribution >= 4 is 11.9 Å². The van der Waals surface area contributed by atoms with Crippen LogP contribution in [0.3, 0.4) is 0 Å². The highest BCUT2D eigenvalue weighted by molar-refractivity contribution is 5.73. The van der Waals surface area contributed by atoms with E-state index in [1.807, 2.05) is 17.8 Å². The molecule has 0 bridgehead atoms. The number of alkyl halides is 6. The van der Waals surface area contributed by atoms with Crippen molar-refractivity contribution in [2.45, 2.75) is 31.4 Å². The van der Waals surface area contributed by atoms with E-state index in [0.29, 0.717) is 0 Å². The van der Waals surface area contributed by atoms with Gasteiger partial charge in [0.25, 0.3) is 0 Å². The summed E-state index contributed by atoms with van der Waals surface area (Å²) in [7, 11) is 1.95. The van der Waals surface area contributed by atoms with Crippen LogP contribution in [0.25, 0.3) is 0 Å². The number of furan rings is 1. The van der Waals surface area contributed by atoms with Gasteiger partial charge >= 0.3 is 24.3 Å². The second kappa shape index (κ2) is 11.5. The maximum atomic E-state index is 10.6. The van der Waals surface area contributed by atoms with Crippen LogP contribution in [-0.2, 0) is 34.3 Å². The summed E-state index contributed by atoms with van der Waals surface area (Å²) in [6.07, 6.45) is -3.63. The van der Waals surface area contributed by atoms with Gasteiger partial charge in [0.2, 0.25) is 0 Å². The van der Waals surface area contributed by atoms with Gasteiger partial charge in [0.1, 0.15) is 6.10 Å². The molecule has 0 saturated heterocycles. The van der Waals surface area contributed by atoms with E-state index < -0.39 is 24.3 Å². The quantitative estimate of drug-likeness (QED) is 0.577. The zero-order chi connectivity index (χ0) is 24.5. The number of fused-ring (bicyclic) bond motifs is 1. The summed E-state index contributed by atoms with van der Waals surface area (Å²) in [4.78, 5) is 17.8. The van der Waals surface area contributed by atoms with E-state index in [-0.39, 0.29) is 6.10 Å². The van der Waals surface area contributed by atoms with Gasteiger partial charge in [-0.15, -0.1) is 0 Å². The van der Waals surface area contributed by atoms with Crippen molar-refractivity contribution < 1.29 is 55.3 Å². The van der Waals surface area contributed by atoms with Crippen molar-refractivity contribution in [1.29, 1.82) is 0 Å². The summed E-state index contributed by atoms with van der Waals surface area (Å²) in [6, 6.07) is 1.96. The Morgan fingerprint density at radius 3 is 2.22 bits per heavy atom. The molecule has 3 heterocycles. The number of carbonyl (C=O) groups is 2. The van der Waals surface area contributed by atoms with E-state index in [9.17, 15) is 26.3 Å². The third-order valence-corrected chi connectivity index (χ3v) is 3.66. The van der Waals surface area contributed by atoms with Crippen LogP contribution in [0.2, 0.25) is 0 Å². The topological polar surface area (TPSA) is 127 Å². The minimum atomic E-state index is -5.08. The van der Waals surface area contributed by atoms with Gasteiger partial charge in [-0.2, -0.15) is 31.4 Å². The lowest BCUT2D eigenvalue weighted by Gasteiger charge is -2.22. The summed E-state index contributed by atoms with van der Waals surface area (Å²) < 4.78 is 76.1. The molecule has 180 valence electrons. The predicted octanol–water partition coefficient (Wildman–Crippen LogP) is 2.68. The summed E-state index contributed by atoms with van der Waals surface area (Å²) >= 11 is 0. The lowest BCUT2D eigenvalue weighted by atomic mass is 10.1. The van der Waals surface area contributed by atoms with E-state index in [0.717, 1.165) is 37.4 Å². The standard InChI is InChI=1S/C13H17N3O2.2C2HF3O2/c1-16-8-11-3-5-18-12(13(11)15-16)7-14-6-10-2-4-17-9-10;2*3-2(4,5)1(6)7/h2,4,8-9,12,14H,3,5-7H2,1H3;2*(H,6,7). The first-order valence-corrected chi connectivity index (χ1v) is 8.67. The Kier molecular flexibility index (Phi) is 9.71. The van der Waals surface area contributed by atoms with Gasteiger partial charge in [0, 0.05) is 31.9 Å². The molecule has 0 amide bonds. The van der Waals surface area contributed by atoms with E-state index in [1.54, 1.807) is 12.5 Å². The molecule has 0 radical (unpaired) electrons. The van der Waals surface area contributed by atoms with E-state index in [2.05, 4.69) is 16.6 Å². The Bertz CT molecular complexity index is 839. The van der Waals surface area contributed by atoms with Gasteiger partial charge in [-0.25, -0.2) is 9.59 Å². The number of rotatable bonds is 4. The highest BCUT2D eigenvalue weighted by atomic mass is 19.4. The molecule has 2 aromatic rings. The molecule has 1 unspecified atom stereocenters. The molecule has 1 aliphatic heterocycles. The molecular weight excluding hydrogens is 456 g/mol. The van der Waals surface area contributed by atoms with Crippen LogP contribution in [0, 0.1) is 0 Å². The van der Waals surface area contributed by atoms with Crippen LogP contribution in [0.5, 0.6) is 0 Å². The lowest BCUT2D eigenvalue weighted by molar-refractivity contribution is -0.193. The van der Waals surface area contributed by atoms with Gasteiger partial charge in [-0.1, -0.05) is 0 Å². The van der Waals surface area contributed by atoms with E-state index in [1.165, 1.54) is 5.56 Å². The molecule has 3 rings (SSSR count). The fraction of sp³-hybridized carbons (Fsp3) is 0.471. The van der Waals surface area contributed by atoms with Crippen LogP contribution in [0.4, 0.5) is 26.3 Å². The van der Waals surface area contributed by atoms with Crippen LogP contribution < -0.4 is 5.32 Å². The number of carboxylic acid groups (broad SMARTS) is 2. The number of nitrogens with zero attached hydrogens (tertiary/aromatic N) is 2. The zero-order valence-corrected chi connectivity index (χ0v) is 16.4. The van der Waals surface area contributed by atoms with Crippen molar-refractivity contribution in [3.8, 4) is 0 Å². The summed E-state index contributed by atoms with van der Waals surface area (Å²) in [5.74, 6) is -5.51. The average Bonchev–Trinajstić information content (AvgIpc) is 3.30. The number of carboxylic acids is 2. The largest absolute Gasteiger partial charge is 0.490 e. The number of ether oxygens (including phenoxy) is 1. The number of halogens is 6. The van der Waals surface area contributed by atoms with Crippen molar-refractivity contribution in [2.24, 2.45) is 7.05 Å². The SMILES string of the molecule is Cn1cc2c(n1)C(CNCc1ccoc1)OCC2.O=C(O)C(F)(F)F.O=C(O)C(F)(F)F. The maximum absolute atomic E-state index is 10.6. The van der Waals surface area contributed by atoms with Gasteiger partial charge in [-0.05, 0) is 18.1 Å². The Morgan fingerprint density at radius 1 is 1.19 bits per heavy atom. The monoisotopic (exact) mass is 475 g/mol. The second-order valence-electron chi connectivity index (χ2n) is 6.19. The smallest absolute Gasteiger partial charge is 0.475 e. The first-order valence-electron chi connectivity index (χ1n) is 8.67. The maximum Gasteiger partial charge on any atom is 0.490 e. The van der Waals surface area contributed by atoms with Gasteiger partial charge in [0.05, 0.1) is 24.8 Å². The summed E-state index contributed by atoms with van der Waals surface area (Å²) in [6.45, 7) is 2.34. The first-order chi connectivity index (χ1) is 14.7. The average molecular weight is 475 g/mol. The molecular formula is C17H19F6N3O6. The molecule has 1 atom stereocenters. The van der Waals surface area contributed by atoms with Crippen molar-refractivity contribution in [2.75, 3.05) is 13.2 Å². The zero-order valence-electron chi connectivity index (χ0n) is 16.4. The van der Waals surface area contributed by atoms with Crippen molar-refractivity contribution in [3.63, 3.8) is 0 Å². The predicted molar refractivity (Wildman–Crippen MR) is 93.4 cm³/mol. The molecule has 0 fully saturated rings. The molecule has 2 aromatic heterocycles. The highest BCUT2D eigenvalue weighted by Crippen LogP contribution is 2.24. The van der Waals surface area contributed by atoms with Crippen LogP contribution >= 0.6 is 0 Å². The molecule has 9 nitrogen and oxygen atoms in total. The van der Waals surface area contributed by atoms with Crippen LogP contribution in [0.1, 0.15) is 22.9 Å². The van der Waals surface area contributed by atoms with Gasteiger partial charge in [0.15, 0.2) is 0 Å². The number of hydrogen-bond acceptors (Lipinski definition) is 6. The molecule has 15 heteroatoms. The van der Waals surface area contributed by atoms with Crippen molar-refractivity contribution in [3.05, 3.63) is 41.6 Å². The number of aliphatic carboxylic acids is 2. The Morgan fingerprint density at radius 2 is 1.75 bits per heavy atom. The molecule has 0 spiro atoms. The minimum absolute atomic E-state index is 0.0573. The summed E-state index contributed by atoms with van der Waals surface area (Å²) in [5.41, 5.74) is 3.52. The Balaban J connectivity index is 0.000000305. The third kappa shape index (κ3) is 9.38. The van der Waals surface area contributed by atoms with E-state index in [4.69, 9.17) is 29.0 Å². The number of nitrogens with one attached hydrogen (secondary N) is 1. The van der Waals surface area contributed by atoms with E-state index >= 15 is 0 Å². The summed E-state index contributed by atoms with van der Waals surface area (Å²) in [5, 5.41) is 22.1. The lowest BCUT2D eigenvalue weighted by Crippen LogP contribution is -2.27. The highest BCUT2D eigenvalue weighted by Gasteiger charge is 2.38. The number of hydrogen-bond donors (Lipinski definition) is 3. The normalized spacial score (nSPS) is 15.5. The third-order valence-electron chi connectivity index (χ3n) is 3.66. The Labute approximate surface area is 176 Å². The number of aryl methyl sites for hydroxylation is 1. The molecule has 1 aliphatic rings. The van der Waals surface area contributed by atoms with Crippen LogP contribution in [-0.4, -0.2) is 57.4 Å².